The fourth-order valence-electron chi connectivity index (χ4n) is 1.64. The van der Waals surface area contributed by atoms with Gasteiger partial charge >= 0.3 is 6.01 Å². The lowest BCUT2D eigenvalue weighted by Gasteiger charge is -2.05. The predicted molar refractivity (Wildman–Crippen MR) is 69.7 cm³/mol. The van der Waals surface area contributed by atoms with E-state index in [1.807, 2.05) is 27.7 Å². The van der Waals surface area contributed by atoms with E-state index in [0.29, 0.717) is 24.3 Å². The topological polar surface area (TPSA) is 89.0 Å². The molecule has 2 N–H and O–H groups in total. The van der Waals surface area contributed by atoms with Crippen LogP contribution in [0.4, 0.5) is 6.01 Å². The summed E-state index contributed by atoms with van der Waals surface area (Å²) in [6.45, 7) is 9.06. The second-order valence-electron chi connectivity index (χ2n) is 4.33. The Morgan fingerprint density at radius 1 is 1.21 bits per heavy atom. The number of aryl methyl sites for hydroxylation is 2. The summed E-state index contributed by atoms with van der Waals surface area (Å²) >= 11 is 0. The van der Waals surface area contributed by atoms with Gasteiger partial charge in [-0.2, -0.15) is 0 Å². The van der Waals surface area contributed by atoms with Gasteiger partial charge in [-0.15, -0.1) is 5.10 Å². The smallest absolute Gasteiger partial charge is 0.315 e. The first-order valence-electron chi connectivity index (χ1n) is 6.33. The van der Waals surface area contributed by atoms with Gasteiger partial charge in [0, 0.05) is 0 Å². The molecule has 104 valence electrons. The molecule has 0 aliphatic carbocycles. The van der Waals surface area contributed by atoms with Crippen molar-refractivity contribution in [3.63, 3.8) is 0 Å². The molecule has 0 aromatic carbocycles. The standard InChI is InChI=1S/C12H19N5O2/c1-5-13-8(3)11-16-17-12(19-11)14-6-10-15-7(2)9(4)18-10/h8,13H,5-6H2,1-4H3,(H,14,17). The van der Waals surface area contributed by atoms with Crippen LogP contribution in [-0.4, -0.2) is 21.7 Å². The van der Waals surface area contributed by atoms with E-state index in [4.69, 9.17) is 8.83 Å². The van der Waals surface area contributed by atoms with Crippen LogP contribution in [0.2, 0.25) is 0 Å². The quantitative estimate of drug-likeness (QED) is 0.825. The Labute approximate surface area is 111 Å². The van der Waals surface area contributed by atoms with Crippen LogP contribution in [0.3, 0.4) is 0 Å². The van der Waals surface area contributed by atoms with Gasteiger partial charge in [0.15, 0.2) is 0 Å². The second kappa shape index (κ2) is 5.83. The number of nitrogens with one attached hydrogen (secondary N) is 2. The molecule has 7 nitrogen and oxygen atoms in total. The zero-order chi connectivity index (χ0) is 13.8. The van der Waals surface area contributed by atoms with Crippen molar-refractivity contribution in [3.05, 3.63) is 23.2 Å². The normalized spacial score (nSPS) is 12.6. The molecule has 2 aromatic heterocycles. The van der Waals surface area contributed by atoms with Gasteiger partial charge in [0.05, 0.1) is 18.3 Å². The molecule has 0 amide bonds. The van der Waals surface area contributed by atoms with E-state index in [1.165, 1.54) is 0 Å². The van der Waals surface area contributed by atoms with E-state index in [-0.39, 0.29) is 6.04 Å². The fourth-order valence-corrected chi connectivity index (χ4v) is 1.64. The third-order valence-electron chi connectivity index (χ3n) is 2.79. The van der Waals surface area contributed by atoms with Crippen LogP contribution < -0.4 is 10.6 Å². The SMILES string of the molecule is CCNC(C)c1nnc(NCc2nc(C)c(C)o2)o1. The van der Waals surface area contributed by atoms with Gasteiger partial charge in [-0.3, -0.25) is 0 Å². The van der Waals surface area contributed by atoms with E-state index in [2.05, 4.69) is 25.8 Å². The highest BCUT2D eigenvalue weighted by molar-refractivity contribution is 5.18. The summed E-state index contributed by atoms with van der Waals surface area (Å²) in [6.07, 6.45) is 0. The summed E-state index contributed by atoms with van der Waals surface area (Å²) < 4.78 is 10.9. The Kier molecular flexibility index (Phi) is 4.16. The highest BCUT2D eigenvalue weighted by atomic mass is 16.4. The number of oxazole rings is 1. The van der Waals surface area contributed by atoms with Crippen LogP contribution in [0.5, 0.6) is 0 Å². The molecule has 19 heavy (non-hydrogen) atoms. The Morgan fingerprint density at radius 2 is 2.00 bits per heavy atom. The van der Waals surface area contributed by atoms with Crippen molar-refractivity contribution in [1.29, 1.82) is 0 Å². The lowest BCUT2D eigenvalue weighted by molar-refractivity contribution is 0.425. The zero-order valence-electron chi connectivity index (χ0n) is 11.6. The summed E-state index contributed by atoms with van der Waals surface area (Å²) in [5.74, 6) is 1.99. The molecule has 0 radical (unpaired) electrons. The number of anilines is 1. The van der Waals surface area contributed by atoms with Crippen molar-refractivity contribution in [1.82, 2.24) is 20.5 Å². The lowest BCUT2D eigenvalue weighted by Crippen LogP contribution is -2.17. The van der Waals surface area contributed by atoms with Gasteiger partial charge in [-0.05, 0) is 27.3 Å². The minimum atomic E-state index is 0.0410. The molecule has 0 fully saturated rings. The highest BCUT2D eigenvalue weighted by Gasteiger charge is 2.13. The Hall–Kier alpha value is -1.89. The first-order valence-corrected chi connectivity index (χ1v) is 6.33. The minimum Gasteiger partial charge on any atom is -0.444 e. The molecule has 1 atom stereocenters. The third kappa shape index (κ3) is 3.31. The van der Waals surface area contributed by atoms with E-state index in [1.54, 1.807) is 0 Å². The molecule has 7 heteroatoms. The maximum atomic E-state index is 5.49. The van der Waals surface area contributed by atoms with E-state index >= 15 is 0 Å². The van der Waals surface area contributed by atoms with Gasteiger partial charge in [0.1, 0.15) is 5.76 Å². The molecule has 2 heterocycles. The van der Waals surface area contributed by atoms with Crippen LogP contribution in [0, 0.1) is 13.8 Å². The molecule has 2 rings (SSSR count). The van der Waals surface area contributed by atoms with E-state index in [9.17, 15) is 0 Å². The monoisotopic (exact) mass is 265 g/mol. The molecule has 0 spiro atoms. The van der Waals surface area contributed by atoms with Crippen molar-refractivity contribution < 1.29 is 8.83 Å². The second-order valence-corrected chi connectivity index (χ2v) is 4.33. The minimum absolute atomic E-state index is 0.0410. The Balaban J connectivity index is 1.93. The number of hydrogen-bond donors (Lipinski definition) is 2. The largest absolute Gasteiger partial charge is 0.444 e. The van der Waals surface area contributed by atoms with Crippen LogP contribution in [0.15, 0.2) is 8.83 Å². The van der Waals surface area contributed by atoms with E-state index < -0.39 is 0 Å². The van der Waals surface area contributed by atoms with Crippen molar-refractivity contribution in [3.8, 4) is 0 Å². The maximum absolute atomic E-state index is 5.49. The number of aromatic nitrogens is 3. The average Bonchev–Trinajstić information content (AvgIpc) is 2.95. The van der Waals surface area contributed by atoms with Crippen molar-refractivity contribution in [2.45, 2.75) is 40.3 Å². The van der Waals surface area contributed by atoms with Crippen LogP contribution in [0.25, 0.3) is 0 Å². The number of rotatable bonds is 6. The van der Waals surface area contributed by atoms with Crippen molar-refractivity contribution >= 4 is 6.01 Å². The van der Waals surface area contributed by atoms with Crippen molar-refractivity contribution in [2.75, 3.05) is 11.9 Å². The van der Waals surface area contributed by atoms with Crippen LogP contribution in [0.1, 0.15) is 43.1 Å². The zero-order valence-corrected chi connectivity index (χ0v) is 11.6. The molecule has 0 saturated heterocycles. The molecule has 0 bridgehead atoms. The van der Waals surface area contributed by atoms with Gasteiger partial charge in [-0.1, -0.05) is 12.0 Å². The van der Waals surface area contributed by atoms with Crippen LogP contribution in [-0.2, 0) is 6.54 Å². The van der Waals surface area contributed by atoms with Crippen molar-refractivity contribution in [2.24, 2.45) is 0 Å². The molecule has 2 aromatic rings. The first kappa shape index (κ1) is 13.5. The van der Waals surface area contributed by atoms with Gasteiger partial charge < -0.3 is 19.5 Å². The molecular formula is C12H19N5O2. The average molecular weight is 265 g/mol. The number of nitrogens with zero attached hydrogens (tertiary/aromatic N) is 3. The molecule has 1 unspecified atom stereocenters. The Bertz CT molecular complexity index is 514. The van der Waals surface area contributed by atoms with Gasteiger partial charge in [-0.25, -0.2) is 4.98 Å². The van der Waals surface area contributed by atoms with E-state index in [0.717, 1.165) is 18.0 Å². The predicted octanol–water partition coefficient (Wildman–Crippen LogP) is 1.96. The number of hydrogen-bond acceptors (Lipinski definition) is 7. The summed E-state index contributed by atoms with van der Waals surface area (Å²) in [5.41, 5.74) is 0.892. The third-order valence-corrected chi connectivity index (χ3v) is 2.79. The molecule has 0 aliphatic heterocycles. The lowest BCUT2D eigenvalue weighted by atomic mass is 10.3. The summed E-state index contributed by atoms with van der Waals surface area (Å²) in [4.78, 5) is 4.27. The fraction of sp³-hybridized carbons (Fsp3) is 0.583. The summed E-state index contributed by atoms with van der Waals surface area (Å²) in [7, 11) is 0. The molecule has 0 aliphatic rings. The van der Waals surface area contributed by atoms with Crippen LogP contribution >= 0.6 is 0 Å². The summed E-state index contributed by atoms with van der Waals surface area (Å²) in [6, 6.07) is 0.410. The maximum Gasteiger partial charge on any atom is 0.315 e. The molecule has 0 saturated carbocycles. The summed E-state index contributed by atoms with van der Waals surface area (Å²) in [5, 5.41) is 14.1. The van der Waals surface area contributed by atoms with Gasteiger partial charge in [0.25, 0.3) is 0 Å². The first-order chi connectivity index (χ1) is 9.10. The van der Waals surface area contributed by atoms with Gasteiger partial charge in [0.2, 0.25) is 11.8 Å². The molecular weight excluding hydrogens is 246 g/mol. The Morgan fingerprint density at radius 3 is 2.63 bits per heavy atom. The highest BCUT2D eigenvalue weighted by Crippen LogP contribution is 2.15.